The lowest BCUT2D eigenvalue weighted by atomic mass is 10.1. The van der Waals surface area contributed by atoms with Crippen LogP contribution in [0.4, 0.5) is 0 Å². The lowest BCUT2D eigenvalue weighted by Gasteiger charge is -2.24. The van der Waals surface area contributed by atoms with Crippen molar-refractivity contribution >= 4 is 11.3 Å². The first-order valence-corrected chi connectivity index (χ1v) is 8.96. The van der Waals surface area contributed by atoms with Gasteiger partial charge in [0.15, 0.2) is 0 Å². The molecule has 1 N–H and O–H groups in total. The number of thiophene rings is 1. The summed E-state index contributed by atoms with van der Waals surface area (Å²) in [5, 5.41) is 17.0. The minimum Gasteiger partial charge on any atom is -0.386 e. The van der Waals surface area contributed by atoms with Crippen LogP contribution in [0, 0.1) is 6.92 Å². The molecule has 1 aromatic carbocycles. The molecule has 0 saturated carbocycles. The van der Waals surface area contributed by atoms with Crippen molar-refractivity contribution in [2.24, 2.45) is 7.05 Å². The van der Waals surface area contributed by atoms with Crippen molar-refractivity contribution in [1.29, 1.82) is 0 Å². The standard InChI is InChI=1S/C19H23N3OS/c1-15-17(12-21(2)20-15)13-22(11-16-7-4-3-5-8-16)14-18(23)19-9-6-10-24-19/h3-10,12,18,23H,11,13-14H2,1-2H3. The zero-order valence-corrected chi connectivity index (χ0v) is 14.9. The molecule has 0 aliphatic heterocycles. The van der Waals surface area contributed by atoms with E-state index in [1.807, 2.05) is 42.2 Å². The molecule has 0 amide bonds. The van der Waals surface area contributed by atoms with Gasteiger partial charge in [-0.15, -0.1) is 11.3 Å². The second-order valence-corrected chi connectivity index (χ2v) is 7.08. The number of aliphatic hydroxyl groups is 1. The van der Waals surface area contributed by atoms with Gasteiger partial charge in [0.05, 0.1) is 5.69 Å². The zero-order valence-electron chi connectivity index (χ0n) is 14.1. The molecular weight excluding hydrogens is 318 g/mol. The van der Waals surface area contributed by atoms with Gasteiger partial charge in [-0.25, -0.2) is 0 Å². The van der Waals surface area contributed by atoms with Crippen molar-refractivity contribution < 1.29 is 5.11 Å². The number of aryl methyl sites for hydroxylation is 2. The Morgan fingerprint density at radius 1 is 1.17 bits per heavy atom. The van der Waals surface area contributed by atoms with E-state index in [1.54, 1.807) is 11.3 Å². The lowest BCUT2D eigenvalue weighted by molar-refractivity contribution is 0.107. The van der Waals surface area contributed by atoms with Gasteiger partial charge in [-0.3, -0.25) is 9.58 Å². The van der Waals surface area contributed by atoms with Crippen molar-refractivity contribution in [2.45, 2.75) is 26.1 Å². The molecule has 3 rings (SSSR count). The van der Waals surface area contributed by atoms with Gasteiger partial charge in [0.1, 0.15) is 6.10 Å². The molecule has 2 aromatic heterocycles. The minimum absolute atomic E-state index is 0.467. The molecule has 0 saturated heterocycles. The Hall–Kier alpha value is -1.95. The van der Waals surface area contributed by atoms with Gasteiger partial charge < -0.3 is 5.11 Å². The number of hydrogen-bond acceptors (Lipinski definition) is 4. The largest absolute Gasteiger partial charge is 0.386 e. The second kappa shape index (κ2) is 7.75. The van der Waals surface area contributed by atoms with Crippen LogP contribution in [0.1, 0.15) is 27.8 Å². The minimum atomic E-state index is -0.467. The smallest absolute Gasteiger partial charge is 0.101 e. The molecule has 2 heterocycles. The van der Waals surface area contributed by atoms with Crippen molar-refractivity contribution in [1.82, 2.24) is 14.7 Å². The fourth-order valence-corrected chi connectivity index (χ4v) is 3.59. The summed E-state index contributed by atoms with van der Waals surface area (Å²) < 4.78 is 1.85. The van der Waals surface area contributed by atoms with E-state index < -0.39 is 6.10 Å². The van der Waals surface area contributed by atoms with E-state index in [0.717, 1.165) is 23.7 Å². The molecule has 4 nitrogen and oxygen atoms in total. The van der Waals surface area contributed by atoms with E-state index in [4.69, 9.17) is 0 Å². The van der Waals surface area contributed by atoms with Gasteiger partial charge in [0, 0.05) is 43.3 Å². The van der Waals surface area contributed by atoms with Gasteiger partial charge in [-0.05, 0) is 23.9 Å². The Labute approximate surface area is 147 Å². The molecule has 0 aliphatic carbocycles. The first-order valence-electron chi connectivity index (χ1n) is 8.08. The quantitative estimate of drug-likeness (QED) is 0.715. The molecular formula is C19H23N3OS. The highest BCUT2D eigenvalue weighted by Gasteiger charge is 2.17. The van der Waals surface area contributed by atoms with Crippen molar-refractivity contribution in [2.75, 3.05) is 6.54 Å². The Bertz CT molecular complexity index is 752. The molecule has 0 radical (unpaired) electrons. The topological polar surface area (TPSA) is 41.3 Å². The third-order valence-electron chi connectivity index (χ3n) is 4.06. The van der Waals surface area contributed by atoms with Crippen molar-refractivity contribution in [3.63, 3.8) is 0 Å². The maximum atomic E-state index is 10.6. The normalized spacial score (nSPS) is 12.7. The van der Waals surface area contributed by atoms with Crippen LogP contribution < -0.4 is 0 Å². The van der Waals surface area contributed by atoms with Crippen molar-refractivity contribution in [3.05, 3.63) is 75.7 Å². The highest BCUT2D eigenvalue weighted by Crippen LogP contribution is 2.22. The molecule has 1 unspecified atom stereocenters. The Morgan fingerprint density at radius 3 is 2.58 bits per heavy atom. The summed E-state index contributed by atoms with van der Waals surface area (Å²) in [6.45, 7) is 4.21. The van der Waals surface area contributed by atoms with Crippen LogP contribution in [0.3, 0.4) is 0 Å². The Kier molecular flexibility index (Phi) is 5.45. The fraction of sp³-hybridized carbons (Fsp3) is 0.316. The third-order valence-corrected chi connectivity index (χ3v) is 5.03. The molecule has 1 atom stereocenters. The monoisotopic (exact) mass is 341 g/mol. The van der Waals surface area contributed by atoms with E-state index >= 15 is 0 Å². The summed E-state index contributed by atoms with van der Waals surface area (Å²) in [5.41, 5.74) is 3.49. The summed E-state index contributed by atoms with van der Waals surface area (Å²) >= 11 is 1.60. The Balaban J connectivity index is 1.76. The van der Waals surface area contributed by atoms with Gasteiger partial charge in [0.25, 0.3) is 0 Å². The van der Waals surface area contributed by atoms with E-state index in [1.165, 1.54) is 11.1 Å². The summed E-state index contributed by atoms with van der Waals surface area (Å²) in [4.78, 5) is 3.29. The molecule has 0 spiro atoms. The zero-order chi connectivity index (χ0) is 16.9. The number of benzene rings is 1. The number of aromatic nitrogens is 2. The number of aliphatic hydroxyl groups excluding tert-OH is 1. The molecule has 0 aliphatic rings. The summed E-state index contributed by atoms with van der Waals surface area (Å²) in [5.74, 6) is 0. The van der Waals surface area contributed by atoms with Gasteiger partial charge in [-0.1, -0.05) is 36.4 Å². The highest BCUT2D eigenvalue weighted by atomic mass is 32.1. The van der Waals surface area contributed by atoms with E-state index in [9.17, 15) is 5.11 Å². The number of rotatable bonds is 7. The first-order chi connectivity index (χ1) is 11.6. The average molecular weight is 341 g/mol. The van der Waals surface area contributed by atoms with Crippen LogP contribution in [0.5, 0.6) is 0 Å². The molecule has 5 heteroatoms. The Morgan fingerprint density at radius 2 is 1.96 bits per heavy atom. The van der Waals surface area contributed by atoms with E-state index in [2.05, 4.69) is 40.5 Å². The first kappa shape index (κ1) is 16.9. The fourth-order valence-electron chi connectivity index (χ4n) is 2.89. The maximum absolute atomic E-state index is 10.6. The summed E-state index contributed by atoms with van der Waals surface area (Å²) in [6, 6.07) is 14.4. The van der Waals surface area contributed by atoms with Crippen LogP contribution >= 0.6 is 11.3 Å². The number of hydrogen-bond donors (Lipinski definition) is 1. The lowest BCUT2D eigenvalue weighted by Crippen LogP contribution is -2.28. The predicted octanol–water partition coefficient (Wildman–Crippen LogP) is 3.53. The number of nitrogens with zero attached hydrogens (tertiary/aromatic N) is 3. The van der Waals surface area contributed by atoms with E-state index in [0.29, 0.717) is 6.54 Å². The predicted molar refractivity (Wildman–Crippen MR) is 97.8 cm³/mol. The van der Waals surface area contributed by atoms with Crippen LogP contribution in [0.25, 0.3) is 0 Å². The van der Waals surface area contributed by atoms with Gasteiger partial charge in [-0.2, -0.15) is 5.10 Å². The van der Waals surface area contributed by atoms with Crippen LogP contribution in [0.2, 0.25) is 0 Å². The average Bonchev–Trinajstić information content (AvgIpc) is 3.19. The van der Waals surface area contributed by atoms with Crippen LogP contribution in [0.15, 0.2) is 54.0 Å². The van der Waals surface area contributed by atoms with Crippen molar-refractivity contribution in [3.8, 4) is 0 Å². The molecule has 0 fully saturated rings. The second-order valence-electron chi connectivity index (χ2n) is 6.10. The summed E-state index contributed by atoms with van der Waals surface area (Å²) in [7, 11) is 1.94. The van der Waals surface area contributed by atoms with Crippen LogP contribution in [-0.2, 0) is 20.1 Å². The third kappa shape index (κ3) is 4.32. The molecule has 126 valence electrons. The SMILES string of the molecule is Cc1nn(C)cc1CN(Cc1ccccc1)CC(O)c1cccs1. The van der Waals surface area contributed by atoms with Crippen LogP contribution in [-0.4, -0.2) is 26.3 Å². The molecule has 3 aromatic rings. The molecule has 0 bridgehead atoms. The highest BCUT2D eigenvalue weighted by molar-refractivity contribution is 7.10. The molecule has 24 heavy (non-hydrogen) atoms. The van der Waals surface area contributed by atoms with Gasteiger partial charge >= 0.3 is 0 Å². The van der Waals surface area contributed by atoms with Gasteiger partial charge in [0.2, 0.25) is 0 Å². The van der Waals surface area contributed by atoms with E-state index in [-0.39, 0.29) is 0 Å². The summed E-state index contributed by atoms with van der Waals surface area (Å²) in [6.07, 6.45) is 1.59. The maximum Gasteiger partial charge on any atom is 0.101 e.